The molecule has 2 heterocycles. The van der Waals surface area contributed by atoms with E-state index in [0.717, 1.165) is 11.2 Å². The third kappa shape index (κ3) is 4.60. The molecule has 0 bridgehead atoms. The van der Waals surface area contributed by atoms with Crippen molar-refractivity contribution in [3.63, 3.8) is 0 Å². The number of nitrogens with zero attached hydrogens (tertiary/aromatic N) is 4. The van der Waals surface area contributed by atoms with Gasteiger partial charge < -0.3 is 21.4 Å². The van der Waals surface area contributed by atoms with Crippen molar-refractivity contribution in [3.8, 4) is 0 Å². The Hall–Kier alpha value is -3.27. The highest BCUT2D eigenvalue weighted by Gasteiger charge is 2.27. The number of carbonyl (C=O) groups excluding carboxylic acids is 1. The van der Waals surface area contributed by atoms with Crippen LogP contribution in [0.1, 0.15) is 25.4 Å². The molecule has 0 saturated carbocycles. The van der Waals surface area contributed by atoms with Crippen molar-refractivity contribution in [1.82, 2.24) is 19.6 Å². The van der Waals surface area contributed by atoms with Gasteiger partial charge in [0.15, 0.2) is 0 Å². The minimum absolute atomic E-state index is 0.192. The Morgan fingerprint density at radius 3 is 2.48 bits per heavy atom. The van der Waals surface area contributed by atoms with Crippen molar-refractivity contribution < 1.29 is 13.6 Å². The molecular weight excluding hydrogens is 380 g/mol. The number of hydrazine groups is 1. The Morgan fingerprint density at radius 2 is 2.00 bits per heavy atom. The number of hydrogen-bond donors (Lipinski definition) is 3. The number of rotatable bonds is 7. The number of halogens is 2. The summed E-state index contributed by atoms with van der Waals surface area (Å²) >= 11 is 0. The molecule has 10 heteroatoms. The fourth-order valence-electron chi connectivity index (χ4n) is 3.02. The van der Waals surface area contributed by atoms with Crippen molar-refractivity contribution >= 4 is 23.3 Å². The van der Waals surface area contributed by atoms with Crippen molar-refractivity contribution in [2.45, 2.75) is 20.4 Å². The molecule has 0 aliphatic carbocycles. The Kier molecular flexibility index (Phi) is 6.70. The summed E-state index contributed by atoms with van der Waals surface area (Å²) in [6.07, 6.45) is 7.11. The summed E-state index contributed by atoms with van der Waals surface area (Å²) in [5.41, 5.74) is 14.0. The summed E-state index contributed by atoms with van der Waals surface area (Å²) < 4.78 is 27.8. The minimum atomic E-state index is -2.64. The van der Waals surface area contributed by atoms with E-state index in [4.69, 9.17) is 16.9 Å². The van der Waals surface area contributed by atoms with Crippen molar-refractivity contribution in [2.75, 3.05) is 13.6 Å². The number of aromatic nitrogens is 2. The number of imidazole rings is 1. The van der Waals surface area contributed by atoms with Gasteiger partial charge in [0.2, 0.25) is 5.91 Å². The van der Waals surface area contributed by atoms with Gasteiger partial charge in [-0.3, -0.25) is 9.80 Å². The van der Waals surface area contributed by atoms with Gasteiger partial charge in [0, 0.05) is 67.2 Å². The lowest BCUT2D eigenvalue weighted by molar-refractivity contribution is -0.114. The Morgan fingerprint density at radius 1 is 1.34 bits per heavy atom. The van der Waals surface area contributed by atoms with Gasteiger partial charge in [0.05, 0.1) is 5.69 Å². The van der Waals surface area contributed by atoms with E-state index in [1.165, 1.54) is 23.4 Å². The number of allylic oxidation sites excluding steroid dienone is 3. The number of nitrogens with two attached hydrogens (primary N) is 2. The summed E-state index contributed by atoms with van der Waals surface area (Å²) in [4.78, 5) is 16.0. The Balaban J connectivity index is 2.46. The zero-order chi connectivity index (χ0) is 21.9. The predicted octanol–water partition coefficient (Wildman–Crippen LogP) is 1.84. The molecule has 1 aromatic heterocycles. The van der Waals surface area contributed by atoms with E-state index < -0.39 is 12.5 Å². The lowest BCUT2D eigenvalue weighted by Crippen LogP contribution is -2.35. The van der Waals surface area contributed by atoms with Gasteiger partial charge in [-0.15, -0.1) is 0 Å². The molecule has 0 aromatic carbocycles. The van der Waals surface area contributed by atoms with Gasteiger partial charge in [-0.05, 0) is 19.9 Å². The molecule has 0 atom stereocenters. The summed E-state index contributed by atoms with van der Waals surface area (Å²) in [6.45, 7) is 1.06. The molecule has 0 spiro atoms. The minimum Gasteiger partial charge on any atom is -0.398 e. The second-order valence-corrected chi connectivity index (χ2v) is 6.58. The van der Waals surface area contributed by atoms with Crippen LogP contribution in [0.3, 0.4) is 0 Å². The van der Waals surface area contributed by atoms with Crippen LogP contribution in [0.4, 0.5) is 8.78 Å². The summed E-state index contributed by atoms with van der Waals surface area (Å²) in [5, 5.41) is 9.99. The van der Waals surface area contributed by atoms with Crippen LogP contribution in [0.15, 0.2) is 41.4 Å². The third-order valence-electron chi connectivity index (χ3n) is 4.59. The van der Waals surface area contributed by atoms with Crippen LogP contribution in [-0.2, 0) is 11.8 Å². The van der Waals surface area contributed by atoms with Crippen molar-refractivity contribution in [1.29, 1.82) is 5.41 Å². The molecule has 1 aliphatic heterocycles. The van der Waals surface area contributed by atoms with Gasteiger partial charge in [-0.25, -0.2) is 9.99 Å². The molecule has 0 fully saturated rings. The quantitative estimate of drug-likeness (QED) is 0.277. The normalized spacial score (nSPS) is 16.9. The van der Waals surface area contributed by atoms with Crippen LogP contribution < -0.4 is 11.5 Å². The molecule has 2 rings (SSSR count). The second-order valence-electron chi connectivity index (χ2n) is 6.58. The Labute approximate surface area is 167 Å². The average molecular weight is 405 g/mol. The predicted molar refractivity (Wildman–Crippen MR) is 108 cm³/mol. The highest BCUT2D eigenvalue weighted by atomic mass is 19.3. The number of amides is 1. The van der Waals surface area contributed by atoms with Crippen LogP contribution in [0.5, 0.6) is 0 Å². The first kappa shape index (κ1) is 22.0. The molecule has 8 nitrogen and oxygen atoms in total. The fourth-order valence-corrected chi connectivity index (χ4v) is 3.02. The lowest BCUT2D eigenvalue weighted by Gasteiger charge is -2.23. The molecular formula is C19H25F2N7O. The monoisotopic (exact) mass is 405 g/mol. The number of carbonyl (C=O) groups is 1. The fraction of sp³-hybridized carbons (Fsp3) is 0.316. The standard InChI is InChI=1S/C19H25F2N7O/c1-5-12(17(24)29)6-15(23)14(7-22)11(2)18-25-16(10-26(18)3)13-8-27(4)28(9-13)19(20)21/h5-7,9-10,19,22H,8,23H2,1-4H3,(H2,24,29)/b12-5?,14-11+,15-6+,22-7?. The first-order valence-corrected chi connectivity index (χ1v) is 8.78. The van der Waals surface area contributed by atoms with Crippen LogP contribution >= 0.6 is 0 Å². The highest BCUT2D eigenvalue weighted by Crippen LogP contribution is 2.27. The van der Waals surface area contributed by atoms with Gasteiger partial charge >= 0.3 is 6.55 Å². The summed E-state index contributed by atoms with van der Waals surface area (Å²) in [7, 11) is 3.34. The molecule has 29 heavy (non-hydrogen) atoms. The van der Waals surface area contributed by atoms with Gasteiger partial charge in [0.1, 0.15) is 5.82 Å². The van der Waals surface area contributed by atoms with E-state index in [1.807, 2.05) is 0 Å². The second kappa shape index (κ2) is 8.82. The smallest absolute Gasteiger partial charge is 0.327 e. The maximum absolute atomic E-state index is 13.0. The van der Waals surface area contributed by atoms with Gasteiger partial charge in [-0.2, -0.15) is 8.78 Å². The van der Waals surface area contributed by atoms with Crippen molar-refractivity contribution in [2.24, 2.45) is 18.5 Å². The number of likely N-dealkylation sites (N-methyl/N-ethyl adjacent to an activating group) is 1. The van der Waals surface area contributed by atoms with Crippen LogP contribution in [0, 0.1) is 5.41 Å². The largest absolute Gasteiger partial charge is 0.398 e. The van der Waals surface area contributed by atoms with Crippen LogP contribution in [0.2, 0.25) is 0 Å². The Bertz CT molecular complexity index is 940. The molecule has 1 aromatic rings. The molecule has 0 radical (unpaired) electrons. The number of nitrogens with one attached hydrogen (secondary N) is 1. The van der Waals surface area contributed by atoms with E-state index in [1.54, 1.807) is 38.7 Å². The number of hydrogen-bond acceptors (Lipinski definition) is 6. The molecule has 5 N–H and O–H groups in total. The summed E-state index contributed by atoms with van der Waals surface area (Å²) in [6, 6.07) is 0. The maximum atomic E-state index is 13.0. The number of aryl methyl sites for hydroxylation is 1. The van der Waals surface area contributed by atoms with Crippen LogP contribution in [0.25, 0.3) is 11.1 Å². The first-order valence-electron chi connectivity index (χ1n) is 8.78. The van der Waals surface area contributed by atoms with E-state index in [-0.39, 0.29) is 11.3 Å². The third-order valence-corrected chi connectivity index (χ3v) is 4.59. The zero-order valence-corrected chi connectivity index (χ0v) is 16.8. The average Bonchev–Trinajstić information content (AvgIpc) is 3.22. The van der Waals surface area contributed by atoms with E-state index in [0.29, 0.717) is 34.8 Å². The van der Waals surface area contributed by atoms with Crippen LogP contribution in [-0.4, -0.2) is 51.8 Å². The summed E-state index contributed by atoms with van der Waals surface area (Å²) in [5.74, 6) is -0.104. The molecule has 1 amide bonds. The van der Waals surface area contributed by atoms with E-state index in [9.17, 15) is 13.6 Å². The molecule has 156 valence electrons. The SMILES string of the molecule is CC=C(/C=C(N)\C(C=N)=C(/C)c1nc(C2=CN(C(F)F)N(C)C2)cn1C)C(N)=O. The maximum Gasteiger partial charge on any atom is 0.327 e. The van der Waals surface area contributed by atoms with E-state index in [2.05, 4.69) is 4.98 Å². The molecule has 1 aliphatic rings. The molecule has 0 unspecified atom stereocenters. The first-order chi connectivity index (χ1) is 13.6. The topological polar surface area (TPSA) is 117 Å². The number of alkyl halides is 2. The highest BCUT2D eigenvalue weighted by molar-refractivity contribution is 5.97. The van der Waals surface area contributed by atoms with Crippen molar-refractivity contribution in [3.05, 3.63) is 52.9 Å². The lowest BCUT2D eigenvalue weighted by atomic mass is 10.0. The number of primary amides is 1. The van der Waals surface area contributed by atoms with E-state index >= 15 is 0 Å². The van der Waals surface area contributed by atoms with Gasteiger partial charge in [0.25, 0.3) is 0 Å². The van der Waals surface area contributed by atoms with Gasteiger partial charge in [-0.1, -0.05) is 6.08 Å². The molecule has 0 saturated heterocycles. The zero-order valence-electron chi connectivity index (χ0n) is 16.8.